The minimum absolute atomic E-state index is 0.463. The Bertz CT molecular complexity index is 566. The van der Waals surface area contributed by atoms with Gasteiger partial charge in [-0.15, -0.1) is 5.10 Å². The Morgan fingerprint density at radius 3 is 2.68 bits per heavy atom. The van der Waals surface area contributed by atoms with Gasteiger partial charge in [-0.2, -0.15) is 0 Å². The van der Waals surface area contributed by atoms with Crippen LogP contribution in [0.3, 0.4) is 0 Å². The van der Waals surface area contributed by atoms with E-state index in [0.29, 0.717) is 17.4 Å². The number of benzene rings is 1. The zero-order valence-electron chi connectivity index (χ0n) is 10.8. The molecule has 19 heavy (non-hydrogen) atoms. The number of hydrogen-bond acceptors (Lipinski definition) is 4. The van der Waals surface area contributed by atoms with E-state index in [1.165, 1.54) is 5.56 Å². The second kappa shape index (κ2) is 5.88. The number of nitrogens with one attached hydrogen (secondary N) is 1. The molecule has 2 N–H and O–H groups in total. The molecule has 0 unspecified atom stereocenters. The summed E-state index contributed by atoms with van der Waals surface area (Å²) in [6.45, 7) is 3.85. The van der Waals surface area contributed by atoms with Crippen LogP contribution in [0.2, 0.25) is 0 Å². The number of nitrogens with zero attached hydrogens (tertiary/aromatic N) is 2. The topological polar surface area (TPSA) is 78.9 Å². The second-order valence-electron chi connectivity index (χ2n) is 4.19. The molecule has 2 rings (SSSR count). The molecule has 0 fully saturated rings. The summed E-state index contributed by atoms with van der Waals surface area (Å²) in [6.07, 6.45) is 0.536. The fraction of sp³-hybridized carbons (Fsp3) is 0.308. The Morgan fingerprint density at radius 2 is 2.11 bits per heavy atom. The highest BCUT2D eigenvalue weighted by Gasteiger charge is 2.19. The molecule has 0 bridgehead atoms. The average molecular weight is 277 g/mol. The number of hydrogen-bond donors (Lipinski definition) is 2. The Kier molecular flexibility index (Phi) is 4.21. The van der Waals surface area contributed by atoms with Crippen molar-refractivity contribution in [1.82, 2.24) is 15.2 Å². The van der Waals surface area contributed by atoms with Crippen molar-refractivity contribution >= 4 is 17.7 Å². The minimum atomic E-state index is -0.839. The third-order valence-electron chi connectivity index (χ3n) is 2.68. The third kappa shape index (κ3) is 3.35. The standard InChI is InChI=1S/C13H15N3O2S/c1-3-10(12(17)18)19-13-14-11(15-16-13)9-6-4-8(2)5-7-9/h4-7,10H,3H2,1-2H3,(H,17,18)(H,14,15,16)/t10-/m1/s1. The van der Waals surface area contributed by atoms with E-state index >= 15 is 0 Å². The lowest BCUT2D eigenvalue weighted by atomic mass is 10.1. The first kappa shape index (κ1) is 13.6. The Balaban J connectivity index is 2.15. The van der Waals surface area contributed by atoms with E-state index in [0.717, 1.165) is 17.3 Å². The molecule has 2 aromatic rings. The number of H-pyrrole nitrogens is 1. The van der Waals surface area contributed by atoms with Gasteiger partial charge in [0.15, 0.2) is 5.82 Å². The van der Waals surface area contributed by atoms with Crippen molar-refractivity contribution in [2.24, 2.45) is 0 Å². The smallest absolute Gasteiger partial charge is 0.317 e. The number of aliphatic carboxylic acids is 1. The van der Waals surface area contributed by atoms with Gasteiger partial charge in [0.25, 0.3) is 0 Å². The summed E-state index contributed by atoms with van der Waals surface area (Å²) in [5, 5.41) is 15.8. The summed E-state index contributed by atoms with van der Waals surface area (Å²) in [5.74, 6) is -0.183. The number of rotatable bonds is 5. The second-order valence-corrected chi connectivity index (χ2v) is 5.36. The highest BCUT2D eigenvalue weighted by molar-refractivity contribution is 8.00. The van der Waals surface area contributed by atoms with E-state index in [9.17, 15) is 4.79 Å². The fourth-order valence-electron chi connectivity index (χ4n) is 1.58. The lowest BCUT2D eigenvalue weighted by Crippen LogP contribution is -2.14. The highest BCUT2D eigenvalue weighted by Crippen LogP contribution is 2.24. The predicted octanol–water partition coefficient (Wildman–Crippen LogP) is 2.74. The van der Waals surface area contributed by atoms with Crippen molar-refractivity contribution in [2.45, 2.75) is 30.7 Å². The molecule has 1 atom stereocenters. The van der Waals surface area contributed by atoms with Crippen molar-refractivity contribution in [1.29, 1.82) is 0 Å². The molecule has 0 saturated heterocycles. The SMILES string of the molecule is CC[C@@H](Sc1n[nH]c(-c2ccc(C)cc2)n1)C(=O)O. The predicted molar refractivity (Wildman–Crippen MR) is 74.1 cm³/mol. The minimum Gasteiger partial charge on any atom is -0.480 e. The van der Waals surface area contributed by atoms with Gasteiger partial charge in [0.1, 0.15) is 5.25 Å². The Labute approximate surface area is 115 Å². The molecule has 0 aliphatic carbocycles. The summed E-state index contributed by atoms with van der Waals surface area (Å²) in [6, 6.07) is 7.91. The number of carbonyl (C=O) groups is 1. The summed E-state index contributed by atoms with van der Waals surface area (Å²) in [4.78, 5) is 15.3. The van der Waals surface area contributed by atoms with E-state index < -0.39 is 11.2 Å². The molecule has 0 aliphatic rings. The molecule has 1 aromatic heterocycles. The van der Waals surface area contributed by atoms with E-state index in [4.69, 9.17) is 5.11 Å². The van der Waals surface area contributed by atoms with Crippen LogP contribution in [0.4, 0.5) is 0 Å². The average Bonchev–Trinajstić information content (AvgIpc) is 2.85. The van der Waals surface area contributed by atoms with Crippen LogP contribution >= 0.6 is 11.8 Å². The largest absolute Gasteiger partial charge is 0.480 e. The first-order chi connectivity index (χ1) is 9.10. The molecule has 6 heteroatoms. The van der Waals surface area contributed by atoms with E-state index in [2.05, 4.69) is 15.2 Å². The van der Waals surface area contributed by atoms with Crippen LogP contribution in [-0.4, -0.2) is 31.5 Å². The van der Waals surface area contributed by atoms with Crippen LogP contribution < -0.4 is 0 Å². The Morgan fingerprint density at radius 1 is 1.42 bits per heavy atom. The maximum absolute atomic E-state index is 11.0. The number of aromatic nitrogens is 3. The van der Waals surface area contributed by atoms with Crippen molar-refractivity contribution in [3.8, 4) is 11.4 Å². The molecular formula is C13H15N3O2S. The van der Waals surface area contributed by atoms with Crippen LogP contribution in [0, 0.1) is 6.92 Å². The van der Waals surface area contributed by atoms with Gasteiger partial charge in [0.2, 0.25) is 5.16 Å². The fourth-order valence-corrected chi connectivity index (χ4v) is 2.34. The van der Waals surface area contributed by atoms with Gasteiger partial charge in [-0.05, 0) is 13.3 Å². The zero-order chi connectivity index (χ0) is 13.8. The van der Waals surface area contributed by atoms with Crippen LogP contribution in [0.5, 0.6) is 0 Å². The molecule has 100 valence electrons. The molecule has 0 radical (unpaired) electrons. The molecule has 0 aliphatic heterocycles. The number of carboxylic acid groups (broad SMARTS) is 1. The van der Waals surface area contributed by atoms with Crippen molar-refractivity contribution in [3.63, 3.8) is 0 Å². The van der Waals surface area contributed by atoms with E-state index in [1.807, 2.05) is 38.1 Å². The highest BCUT2D eigenvalue weighted by atomic mass is 32.2. The maximum atomic E-state index is 11.0. The van der Waals surface area contributed by atoms with Crippen molar-refractivity contribution in [2.75, 3.05) is 0 Å². The van der Waals surface area contributed by atoms with Crippen LogP contribution in [0.1, 0.15) is 18.9 Å². The van der Waals surface area contributed by atoms with Crippen molar-refractivity contribution < 1.29 is 9.90 Å². The number of carboxylic acids is 1. The lowest BCUT2D eigenvalue weighted by molar-refractivity contribution is -0.136. The molecular weight excluding hydrogens is 262 g/mol. The van der Waals surface area contributed by atoms with Gasteiger partial charge in [0.05, 0.1) is 0 Å². The normalized spacial score (nSPS) is 12.3. The summed E-state index contributed by atoms with van der Waals surface area (Å²) in [7, 11) is 0. The van der Waals surface area contributed by atoms with E-state index in [1.54, 1.807) is 0 Å². The molecule has 1 aromatic carbocycles. The monoisotopic (exact) mass is 277 g/mol. The van der Waals surface area contributed by atoms with Gasteiger partial charge in [-0.1, -0.05) is 48.5 Å². The van der Waals surface area contributed by atoms with Gasteiger partial charge in [-0.25, -0.2) is 4.98 Å². The van der Waals surface area contributed by atoms with Gasteiger partial charge >= 0.3 is 5.97 Å². The molecule has 0 saturated carbocycles. The number of aryl methyl sites for hydroxylation is 1. The van der Waals surface area contributed by atoms with Crippen LogP contribution in [0.25, 0.3) is 11.4 Å². The summed E-state index contributed by atoms with van der Waals surface area (Å²) < 4.78 is 0. The van der Waals surface area contributed by atoms with Gasteiger partial charge in [0, 0.05) is 5.56 Å². The molecule has 0 amide bonds. The zero-order valence-corrected chi connectivity index (χ0v) is 11.6. The Hall–Kier alpha value is -1.82. The molecule has 1 heterocycles. The summed E-state index contributed by atoms with van der Waals surface area (Å²) >= 11 is 1.16. The number of thioether (sulfide) groups is 1. The lowest BCUT2D eigenvalue weighted by Gasteiger charge is -2.04. The van der Waals surface area contributed by atoms with Crippen LogP contribution in [0.15, 0.2) is 29.4 Å². The van der Waals surface area contributed by atoms with Crippen molar-refractivity contribution in [3.05, 3.63) is 29.8 Å². The summed E-state index contributed by atoms with van der Waals surface area (Å²) in [5.41, 5.74) is 2.11. The van der Waals surface area contributed by atoms with Gasteiger partial charge < -0.3 is 5.11 Å². The van der Waals surface area contributed by atoms with Gasteiger partial charge in [-0.3, -0.25) is 9.89 Å². The van der Waals surface area contributed by atoms with Crippen LogP contribution in [-0.2, 0) is 4.79 Å². The number of aromatic amines is 1. The first-order valence-electron chi connectivity index (χ1n) is 5.99. The molecule has 0 spiro atoms. The van der Waals surface area contributed by atoms with E-state index in [-0.39, 0.29) is 0 Å². The first-order valence-corrected chi connectivity index (χ1v) is 6.87. The molecule has 5 nitrogen and oxygen atoms in total. The maximum Gasteiger partial charge on any atom is 0.317 e. The third-order valence-corrected chi connectivity index (χ3v) is 3.90. The quantitative estimate of drug-likeness (QED) is 0.821.